The van der Waals surface area contributed by atoms with Gasteiger partial charge in [0.25, 0.3) is 0 Å². The van der Waals surface area contributed by atoms with E-state index in [-0.39, 0.29) is 5.97 Å². The number of carbonyl (C=O) groups is 1. The van der Waals surface area contributed by atoms with Gasteiger partial charge in [0.1, 0.15) is 5.60 Å². The Bertz CT molecular complexity index is 373. The summed E-state index contributed by atoms with van der Waals surface area (Å²) in [6, 6.07) is 7.61. The molecule has 0 N–H and O–H groups in total. The van der Waals surface area contributed by atoms with Crippen LogP contribution in [0.4, 0.5) is 0 Å². The Kier molecular flexibility index (Phi) is 3.74. The van der Waals surface area contributed by atoms with E-state index in [0.717, 1.165) is 5.56 Å². The topological polar surface area (TPSA) is 26.3 Å². The van der Waals surface area contributed by atoms with E-state index in [1.165, 1.54) is 0 Å². The lowest BCUT2D eigenvalue weighted by Crippen LogP contribution is -2.24. The average molecular weight is 220 g/mol. The lowest BCUT2D eigenvalue weighted by Gasteiger charge is -2.21. The van der Waals surface area contributed by atoms with Crippen LogP contribution in [0.1, 0.15) is 56.5 Å². The van der Waals surface area contributed by atoms with Gasteiger partial charge in [-0.15, -0.1) is 0 Å². The fourth-order valence-corrected chi connectivity index (χ4v) is 1.52. The SMILES string of the molecule is CC(C)c1ccccc1C(=O)OC(C)(C)C. The molecule has 0 radical (unpaired) electrons. The van der Waals surface area contributed by atoms with Crippen LogP contribution in [0.3, 0.4) is 0 Å². The van der Waals surface area contributed by atoms with Crippen LogP contribution in [0.5, 0.6) is 0 Å². The third kappa shape index (κ3) is 3.37. The first-order valence-electron chi connectivity index (χ1n) is 5.63. The van der Waals surface area contributed by atoms with Gasteiger partial charge in [0.05, 0.1) is 5.56 Å². The molecule has 0 unspecified atom stereocenters. The third-order valence-electron chi connectivity index (χ3n) is 2.20. The molecule has 0 aliphatic rings. The predicted octanol–water partition coefficient (Wildman–Crippen LogP) is 3.77. The van der Waals surface area contributed by atoms with Crippen molar-refractivity contribution in [2.45, 2.75) is 46.1 Å². The van der Waals surface area contributed by atoms with Gasteiger partial charge in [-0.1, -0.05) is 32.0 Å². The second-order valence-corrected chi connectivity index (χ2v) is 5.24. The van der Waals surface area contributed by atoms with E-state index in [0.29, 0.717) is 11.5 Å². The Morgan fingerprint density at radius 1 is 1.19 bits per heavy atom. The lowest BCUT2D eigenvalue weighted by molar-refractivity contribution is 0.00679. The normalized spacial score (nSPS) is 11.6. The molecule has 0 amide bonds. The number of benzene rings is 1. The molecule has 0 aliphatic carbocycles. The third-order valence-corrected chi connectivity index (χ3v) is 2.20. The number of hydrogen-bond donors (Lipinski definition) is 0. The standard InChI is InChI=1S/C14H20O2/c1-10(2)11-8-6-7-9-12(11)13(15)16-14(3,4)5/h6-10H,1-5H3. The molecule has 0 atom stereocenters. The Hall–Kier alpha value is -1.31. The van der Waals surface area contributed by atoms with Gasteiger partial charge in [0.15, 0.2) is 0 Å². The van der Waals surface area contributed by atoms with E-state index in [1.54, 1.807) is 0 Å². The molecule has 16 heavy (non-hydrogen) atoms. The Morgan fingerprint density at radius 3 is 2.25 bits per heavy atom. The molecule has 0 fully saturated rings. The number of rotatable bonds is 2. The summed E-state index contributed by atoms with van der Waals surface area (Å²) in [7, 11) is 0. The minimum Gasteiger partial charge on any atom is -0.456 e. The van der Waals surface area contributed by atoms with Crippen molar-refractivity contribution in [2.24, 2.45) is 0 Å². The van der Waals surface area contributed by atoms with Gasteiger partial charge in [0.2, 0.25) is 0 Å². The van der Waals surface area contributed by atoms with Crippen LogP contribution in [-0.2, 0) is 4.74 Å². The summed E-state index contributed by atoms with van der Waals surface area (Å²) in [6.07, 6.45) is 0. The zero-order valence-electron chi connectivity index (χ0n) is 10.7. The first kappa shape index (κ1) is 12.8. The van der Waals surface area contributed by atoms with Crippen LogP contribution in [0.2, 0.25) is 0 Å². The Labute approximate surface area is 97.6 Å². The summed E-state index contributed by atoms with van der Waals surface area (Å²) >= 11 is 0. The van der Waals surface area contributed by atoms with Crippen molar-refractivity contribution in [1.29, 1.82) is 0 Å². The summed E-state index contributed by atoms with van der Waals surface area (Å²) in [6.45, 7) is 9.78. The van der Waals surface area contributed by atoms with Gasteiger partial charge in [-0.25, -0.2) is 4.79 Å². The van der Waals surface area contributed by atoms with E-state index >= 15 is 0 Å². The predicted molar refractivity (Wildman–Crippen MR) is 65.7 cm³/mol. The number of carbonyl (C=O) groups excluding carboxylic acids is 1. The van der Waals surface area contributed by atoms with Gasteiger partial charge < -0.3 is 4.74 Å². The van der Waals surface area contributed by atoms with Gasteiger partial charge in [-0.05, 0) is 38.3 Å². The quantitative estimate of drug-likeness (QED) is 0.709. The fraction of sp³-hybridized carbons (Fsp3) is 0.500. The van der Waals surface area contributed by atoms with Crippen LogP contribution in [-0.4, -0.2) is 11.6 Å². The van der Waals surface area contributed by atoms with Crippen LogP contribution in [0.25, 0.3) is 0 Å². The van der Waals surface area contributed by atoms with Gasteiger partial charge in [-0.3, -0.25) is 0 Å². The fourth-order valence-electron chi connectivity index (χ4n) is 1.52. The maximum absolute atomic E-state index is 12.0. The Morgan fingerprint density at radius 2 is 1.75 bits per heavy atom. The molecule has 1 aromatic rings. The zero-order chi connectivity index (χ0) is 12.3. The van der Waals surface area contributed by atoms with E-state index < -0.39 is 5.60 Å². The molecule has 1 aromatic carbocycles. The van der Waals surface area contributed by atoms with E-state index in [4.69, 9.17) is 4.74 Å². The monoisotopic (exact) mass is 220 g/mol. The highest BCUT2D eigenvalue weighted by molar-refractivity contribution is 5.91. The molecular weight excluding hydrogens is 200 g/mol. The van der Waals surface area contributed by atoms with Gasteiger partial charge >= 0.3 is 5.97 Å². The molecule has 0 bridgehead atoms. The van der Waals surface area contributed by atoms with Crippen molar-refractivity contribution in [3.05, 3.63) is 35.4 Å². The van der Waals surface area contributed by atoms with Crippen molar-refractivity contribution in [3.63, 3.8) is 0 Å². The van der Waals surface area contributed by atoms with Crippen molar-refractivity contribution in [3.8, 4) is 0 Å². The minimum absolute atomic E-state index is 0.239. The summed E-state index contributed by atoms with van der Waals surface area (Å²) in [5.74, 6) is 0.0838. The van der Waals surface area contributed by atoms with Crippen molar-refractivity contribution in [1.82, 2.24) is 0 Å². The van der Waals surface area contributed by atoms with Crippen molar-refractivity contribution < 1.29 is 9.53 Å². The molecule has 0 aliphatic heterocycles. The lowest BCUT2D eigenvalue weighted by atomic mass is 9.97. The summed E-state index contributed by atoms with van der Waals surface area (Å²) in [4.78, 5) is 12.0. The first-order valence-corrected chi connectivity index (χ1v) is 5.63. The molecule has 0 aromatic heterocycles. The van der Waals surface area contributed by atoms with Gasteiger partial charge in [0, 0.05) is 0 Å². The molecule has 0 saturated heterocycles. The maximum atomic E-state index is 12.0. The molecule has 1 rings (SSSR count). The molecule has 88 valence electrons. The maximum Gasteiger partial charge on any atom is 0.338 e. The van der Waals surface area contributed by atoms with E-state index in [9.17, 15) is 4.79 Å². The second kappa shape index (κ2) is 4.69. The van der Waals surface area contributed by atoms with Crippen molar-refractivity contribution >= 4 is 5.97 Å². The number of esters is 1. The second-order valence-electron chi connectivity index (χ2n) is 5.24. The molecule has 0 saturated carbocycles. The summed E-state index contributed by atoms with van der Waals surface area (Å²) in [5.41, 5.74) is 1.27. The zero-order valence-corrected chi connectivity index (χ0v) is 10.7. The van der Waals surface area contributed by atoms with Crippen LogP contribution in [0, 0.1) is 0 Å². The van der Waals surface area contributed by atoms with Crippen LogP contribution < -0.4 is 0 Å². The van der Waals surface area contributed by atoms with E-state index in [2.05, 4.69) is 13.8 Å². The Balaban J connectivity index is 3.00. The molecular formula is C14H20O2. The first-order chi connectivity index (χ1) is 7.31. The smallest absolute Gasteiger partial charge is 0.338 e. The molecule has 2 heteroatoms. The molecule has 0 spiro atoms. The summed E-state index contributed by atoms with van der Waals surface area (Å²) in [5, 5.41) is 0. The number of ether oxygens (including phenoxy) is 1. The van der Waals surface area contributed by atoms with Crippen molar-refractivity contribution in [2.75, 3.05) is 0 Å². The largest absolute Gasteiger partial charge is 0.456 e. The molecule has 0 heterocycles. The van der Waals surface area contributed by atoms with Gasteiger partial charge in [-0.2, -0.15) is 0 Å². The average Bonchev–Trinajstić information content (AvgIpc) is 2.15. The van der Waals surface area contributed by atoms with Crippen LogP contribution >= 0.6 is 0 Å². The minimum atomic E-state index is -0.443. The molecule has 2 nitrogen and oxygen atoms in total. The highest BCUT2D eigenvalue weighted by atomic mass is 16.6. The van der Waals surface area contributed by atoms with E-state index in [1.807, 2.05) is 45.0 Å². The number of hydrogen-bond acceptors (Lipinski definition) is 2. The highest BCUT2D eigenvalue weighted by Gasteiger charge is 2.20. The van der Waals surface area contributed by atoms with Crippen LogP contribution in [0.15, 0.2) is 24.3 Å². The highest BCUT2D eigenvalue weighted by Crippen LogP contribution is 2.21. The summed E-state index contributed by atoms with van der Waals surface area (Å²) < 4.78 is 5.38.